The number of carbonyl (C=O) groups excluding carboxylic acids is 1. The Labute approximate surface area is 97.0 Å². The van der Waals surface area contributed by atoms with E-state index in [9.17, 15) is 4.79 Å². The van der Waals surface area contributed by atoms with Crippen LogP contribution in [0, 0.1) is 17.2 Å². The van der Waals surface area contributed by atoms with E-state index >= 15 is 0 Å². The molecular formula is C12H20N2O2. The standard InChI is InChI=1S/C12H20N2O2/c1-3-5-9(8-13)12(15)14-10-6-4-7-11(10)16-2/h9-11H,3-7H2,1-2H3,(H,14,15). The number of methoxy groups -OCH3 is 1. The van der Waals surface area contributed by atoms with Crippen LogP contribution in [-0.4, -0.2) is 25.2 Å². The highest BCUT2D eigenvalue weighted by atomic mass is 16.5. The van der Waals surface area contributed by atoms with Crippen molar-refractivity contribution in [3.8, 4) is 6.07 Å². The number of amides is 1. The Hall–Kier alpha value is -1.08. The third-order valence-corrected chi connectivity index (χ3v) is 3.13. The zero-order valence-electron chi connectivity index (χ0n) is 10.0. The summed E-state index contributed by atoms with van der Waals surface area (Å²) in [6, 6.07) is 2.14. The minimum absolute atomic E-state index is 0.0882. The van der Waals surface area contributed by atoms with Gasteiger partial charge in [-0.05, 0) is 25.7 Å². The number of nitriles is 1. The number of hydrogen-bond acceptors (Lipinski definition) is 3. The molecule has 4 heteroatoms. The summed E-state index contributed by atoms with van der Waals surface area (Å²) in [6.07, 6.45) is 4.62. The lowest BCUT2D eigenvalue weighted by Crippen LogP contribution is -2.43. The van der Waals surface area contributed by atoms with Crippen molar-refractivity contribution in [1.29, 1.82) is 5.26 Å². The fourth-order valence-electron chi connectivity index (χ4n) is 2.20. The van der Waals surface area contributed by atoms with Gasteiger partial charge in [0.05, 0.1) is 18.2 Å². The minimum Gasteiger partial charge on any atom is -0.379 e. The molecule has 0 aromatic rings. The average molecular weight is 224 g/mol. The molecule has 0 aliphatic heterocycles. The van der Waals surface area contributed by atoms with Gasteiger partial charge in [0.25, 0.3) is 0 Å². The van der Waals surface area contributed by atoms with Crippen molar-refractivity contribution in [3.63, 3.8) is 0 Å². The largest absolute Gasteiger partial charge is 0.379 e. The van der Waals surface area contributed by atoms with E-state index in [1.807, 2.05) is 6.92 Å². The molecule has 0 saturated heterocycles. The Kier molecular flexibility index (Phi) is 5.27. The van der Waals surface area contributed by atoms with Crippen LogP contribution < -0.4 is 5.32 Å². The molecule has 0 aromatic carbocycles. The van der Waals surface area contributed by atoms with Crippen LogP contribution in [0.3, 0.4) is 0 Å². The Morgan fingerprint density at radius 3 is 2.94 bits per heavy atom. The maximum Gasteiger partial charge on any atom is 0.237 e. The van der Waals surface area contributed by atoms with E-state index in [0.29, 0.717) is 6.42 Å². The van der Waals surface area contributed by atoms with E-state index in [0.717, 1.165) is 25.7 Å². The third kappa shape index (κ3) is 3.21. The number of nitrogens with one attached hydrogen (secondary N) is 1. The second-order valence-electron chi connectivity index (χ2n) is 4.29. The summed E-state index contributed by atoms with van der Waals surface area (Å²) >= 11 is 0. The second-order valence-corrected chi connectivity index (χ2v) is 4.29. The highest BCUT2D eigenvalue weighted by Crippen LogP contribution is 2.22. The van der Waals surface area contributed by atoms with Crippen LogP contribution >= 0.6 is 0 Å². The van der Waals surface area contributed by atoms with E-state index in [4.69, 9.17) is 10.00 Å². The number of nitrogens with zero attached hydrogens (tertiary/aromatic N) is 1. The van der Waals surface area contributed by atoms with E-state index < -0.39 is 5.92 Å². The molecule has 16 heavy (non-hydrogen) atoms. The van der Waals surface area contributed by atoms with Gasteiger partial charge in [-0.3, -0.25) is 4.79 Å². The maximum absolute atomic E-state index is 11.8. The summed E-state index contributed by atoms with van der Waals surface area (Å²) in [7, 11) is 1.67. The monoisotopic (exact) mass is 224 g/mol. The van der Waals surface area contributed by atoms with Crippen molar-refractivity contribution in [2.24, 2.45) is 5.92 Å². The van der Waals surface area contributed by atoms with Crippen molar-refractivity contribution < 1.29 is 9.53 Å². The molecule has 0 bridgehead atoms. The fraction of sp³-hybridized carbons (Fsp3) is 0.833. The molecule has 0 heterocycles. The number of carbonyl (C=O) groups is 1. The van der Waals surface area contributed by atoms with Gasteiger partial charge in [0.2, 0.25) is 5.91 Å². The summed E-state index contributed by atoms with van der Waals surface area (Å²) < 4.78 is 5.30. The van der Waals surface area contributed by atoms with Gasteiger partial charge in [0, 0.05) is 7.11 Å². The van der Waals surface area contributed by atoms with E-state index in [1.165, 1.54) is 0 Å². The van der Waals surface area contributed by atoms with Crippen LogP contribution in [-0.2, 0) is 9.53 Å². The first-order chi connectivity index (χ1) is 7.72. The molecule has 0 spiro atoms. The van der Waals surface area contributed by atoms with Crippen LogP contribution in [0.4, 0.5) is 0 Å². The van der Waals surface area contributed by atoms with Crippen molar-refractivity contribution in [3.05, 3.63) is 0 Å². The molecule has 1 N–H and O–H groups in total. The normalized spacial score (nSPS) is 26.1. The van der Waals surface area contributed by atoms with Crippen LogP contribution in [0.15, 0.2) is 0 Å². The van der Waals surface area contributed by atoms with Gasteiger partial charge in [-0.25, -0.2) is 0 Å². The number of hydrogen-bond donors (Lipinski definition) is 1. The molecule has 4 nitrogen and oxygen atoms in total. The minimum atomic E-state index is -0.511. The zero-order valence-corrected chi connectivity index (χ0v) is 10.0. The summed E-state index contributed by atoms with van der Waals surface area (Å²) in [4.78, 5) is 11.8. The quantitative estimate of drug-likeness (QED) is 0.771. The van der Waals surface area contributed by atoms with Gasteiger partial charge < -0.3 is 10.1 Å². The van der Waals surface area contributed by atoms with Crippen LogP contribution in [0.1, 0.15) is 39.0 Å². The summed E-state index contributed by atoms with van der Waals surface area (Å²) in [5, 5.41) is 11.8. The molecule has 1 aliphatic rings. The van der Waals surface area contributed by atoms with Crippen molar-refractivity contribution in [2.45, 2.75) is 51.2 Å². The predicted molar refractivity (Wildman–Crippen MR) is 60.6 cm³/mol. The van der Waals surface area contributed by atoms with Gasteiger partial charge in [-0.1, -0.05) is 13.3 Å². The van der Waals surface area contributed by atoms with Gasteiger partial charge in [-0.15, -0.1) is 0 Å². The van der Waals surface area contributed by atoms with Gasteiger partial charge in [0.1, 0.15) is 5.92 Å². The second kappa shape index (κ2) is 6.49. The lowest BCUT2D eigenvalue weighted by Gasteiger charge is -2.20. The number of ether oxygens (including phenoxy) is 1. The Morgan fingerprint density at radius 2 is 2.38 bits per heavy atom. The number of rotatable bonds is 5. The lowest BCUT2D eigenvalue weighted by atomic mass is 10.0. The Bertz CT molecular complexity index is 273. The third-order valence-electron chi connectivity index (χ3n) is 3.13. The molecule has 1 rings (SSSR count). The SMILES string of the molecule is CCCC(C#N)C(=O)NC1CCCC1OC. The first-order valence-electron chi connectivity index (χ1n) is 5.95. The van der Waals surface area contributed by atoms with Crippen molar-refractivity contribution in [1.82, 2.24) is 5.32 Å². The Morgan fingerprint density at radius 1 is 1.62 bits per heavy atom. The summed E-state index contributed by atoms with van der Waals surface area (Å²) in [5.74, 6) is -0.651. The average Bonchev–Trinajstić information content (AvgIpc) is 2.72. The molecule has 1 amide bonds. The van der Waals surface area contributed by atoms with Gasteiger partial charge >= 0.3 is 0 Å². The molecule has 1 aliphatic carbocycles. The van der Waals surface area contributed by atoms with Crippen LogP contribution in [0.5, 0.6) is 0 Å². The van der Waals surface area contributed by atoms with Gasteiger partial charge in [-0.2, -0.15) is 5.26 Å². The van der Waals surface area contributed by atoms with Crippen LogP contribution in [0.2, 0.25) is 0 Å². The molecule has 0 aromatic heterocycles. The topological polar surface area (TPSA) is 62.1 Å². The molecule has 3 atom stereocenters. The molecule has 1 fully saturated rings. The molecular weight excluding hydrogens is 204 g/mol. The lowest BCUT2D eigenvalue weighted by molar-refractivity contribution is -0.125. The highest BCUT2D eigenvalue weighted by Gasteiger charge is 2.30. The van der Waals surface area contributed by atoms with E-state index in [-0.39, 0.29) is 18.1 Å². The van der Waals surface area contributed by atoms with Crippen molar-refractivity contribution >= 4 is 5.91 Å². The van der Waals surface area contributed by atoms with E-state index in [1.54, 1.807) is 7.11 Å². The summed E-state index contributed by atoms with van der Waals surface area (Å²) in [5.41, 5.74) is 0. The fourth-order valence-corrected chi connectivity index (χ4v) is 2.20. The van der Waals surface area contributed by atoms with Gasteiger partial charge in [0.15, 0.2) is 0 Å². The first kappa shape index (κ1) is 13.0. The highest BCUT2D eigenvalue weighted by molar-refractivity contribution is 5.81. The summed E-state index contributed by atoms with van der Waals surface area (Å²) in [6.45, 7) is 1.98. The molecule has 0 radical (unpaired) electrons. The van der Waals surface area contributed by atoms with Crippen molar-refractivity contribution in [2.75, 3.05) is 7.11 Å². The predicted octanol–water partition coefficient (Wildman–Crippen LogP) is 1.61. The first-order valence-corrected chi connectivity index (χ1v) is 5.95. The molecule has 3 unspecified atom stereocenters. The maximum atomic E-state index is 11.8. The molecule has 90 valence electrons. The Balaban J connectivity index is 2.46. The van der Waals surface area contributed by atoms with E-state index in [2.05, 4.69) is 11.4 Å². The molecule has 1 saturated carbocycles. The smallest absolute Gasteiger partial charge is 0.237 e. The zero-order chi connectivity index (χ0) is 12.0. The van der Waals surface area contributed by atoms with Crippen LogP contribution in [0.25, 0.3) is 0 Å².